The fourth-order valence-corrected chi connectivity index (χ4v) is 2.94. The van der Waals surface area contributed by atoms with E-state index in [0.717, 1.165) is 58.4 Å². The summed E-state index contributed by atoms with van der Waals surface area (Å²) in [5.41, 5.74) is 0. The van der Waals surface area contributed by atoms with E-state index in [9.17, 15) is 9.59 Å². The number of amides is 2. The Kier molecular flexibility index (Phi) is 7.30. The normalized spacial score (nSPS) is 23.1. The molecule has 0 aromatic carbocycles. The minimum Gasteiger partial charge on any atom is -0.338 e. The number of nitrogens with one attached hydrogen (secondary N) is 1. The summed E-state index contributed by atoms with van der Waals surface area (Å²) >= 11 is 0. The van der Waals surface area contributed by atoms with Crippen LogP contribution in [0.2, 0.25) is 0 Å². The Labute approximate surface area is 127 Å². The Bertz CT molecular complexity index is 332. The lowest BCUT2D eigenvalue weighted by Gasteiger charge is -2.39. The molecule has 2 saturated heterocycles. The van der Waals surface area contributed by atoms with E-state index in [1.54, 1.807) is 0 Å². The molecule has 2 heterocycles. The van der Waals surface area contributed by atoms with Crippen LogP contribution in [0, 0.1) is 0 Å². The average Bonchev–Trinajstić information content (AvgIpc) is 2.47. The van der Waals surface area contributed by atoms with Crippen LogP contribution in [0.3, 0.4) is 0 Å². The summed E-state index contributed by atoms with van der Waals surface area (Å²) in [5.74, 6) is 0.307. The molecule has 0 saturated carbocycles. The molecule has 0 aromatic rings. The number of carbonyl (C=O) groups excluding carboxylic acids is 2. The zero-order valence-corrected chi connectivity index (χ0v) is 13.1. The van der Waals surface area contributed by atoms with E-state index < -0.39 is 0 Å². The zero-order chi connectivity index (χ0) is 13.7. The highest BCUT2D eigenvalue weighted by atomic mass is 35.5. The van der Waals surface area contributed by atoms with Gasteiger partial charge in [-0.2, -0.15) is 0 Å². The molecule has 0 aromatic heterocycles. The third kappa shape index (κ3) is 4.09. The van der Waals surface area contributed by atoms with E-state index in [4.69, 9.17) is 0 Å². The van der Waals surface area contributed by atoms with Gasteiger partial charge in [-0.1, -0.05) is 6.92 Å². The predicted octanol–water partition coefficient (Wildman–Crippen LogP) is 1.02. The van der Waals surface area contributed by atoms with E-state index in [0.29, 0.717) is 6.42 Å². The number of likely N-dealkylation sites (tertiary alicyclic amines) is 1. The van der Waals surface area contributed by atoms with Crippen LogP contribution in [0.15, 0.2) is 0 Å². The number of halogens is 1. The number of hydrogen-bond acceptors (Lipinski definition) is 3. The minimum atomic E-state index is -0.203. The molecule has 0 radical (unpaired) electrons. The summed E-state index contributed by atoms with van der Waals surface area (Å²) in [7, 11) is 0. The monoisotopic (exact) mass is 303 g/mol. The standard InChI is InChI=1S/C14H25N3O2.ClH/c1-2-5-13(18)17-9-4-3-6-12(17)14(19)16-10-7-15-8-11-16;/h12,15H,2-11H2,1H3;1H. The maximum Gasteiger partial charge on any atom is 0.245 e. The highest BCUT2D eigenvalue weighted by Crippen LogP contribution is 2.20. The largest absolute Gasteiger partial charge is 0.338 e. The summed E-state index contributed by atoms with van der Waals surface area (Å²) < 4.78 is 0. The number of nitrogens with zero attached hydrogens (tertiary/aromatic N) is 2. The molecule has 0 aliphatic carbocycles. The second-order valence-corrected chi connectivity index (χ2v) is 5.42. The summed E-state index contributed by atoms with van der Waals surface area (Å²) in [6.45, 7) is 6.02. The minimum absolute atomic E-state index is 0. The topological polar surface area (TPSA) is 52.7 Å². The summed E-state index contributed by atoms with van der Waals surface area (Å²) in [6.07, 6.45) is 4.33. The molecular formula is C14H26ClN3O2. The van der Waals surface area contributed by atoms with Crippen LogP contribution in [-0.4, -0.2) is 60.4 Å². The Morgan fingerprint density at radius 2 is 1.85 bits per heavy atom. The molecule has 2 aliphatic rings. The van der Waals surface area contributed by atoms with Crippen molar-refractivity contribution in [2.24, 2.45) is 0 Å². The Hall–Kier alpha value is -0.810. The smallest absolute Gasteiger partial charge is 0.245 e. The van der Waals surface area contributed by atoms with Crippen molar-refractivity contribution >= 4 is 24.2 Å². The average molecular weight is 304 g/mol. The highest BCUT2D eigenvalue weighted by molar-refractivity contribution is 5.88. The first-order chi connectivity index (χ1) is 9.24. The van der Waals surface area contributed by atoms with Gasteiger partial charge in [0.15, 0.2) is 0 Å². The number of carbonyl (C=O) groups is 2. The van der Waals surface area contributed by atoms with Gasteiger partial charge in [0, 0.05) is 39.1 Å². The van der Waals surface area contributed by atoms with Crippen LogP contribution in [0.4, 0.5) is 0 Å². The number of hydrogen-bond donors (Lipinski definition) is 1. The fraction of sp³-hybridized carbons (Fsp3) is 0.857. The molecule has 2 fully saturated rings. The van der Waals surface area contributed by atoms with Crippen molar-refractivity contribution in [1.29, 1.82) is 0 Å². The SMILES string of the molecule is CCCC(=O)N1CCCCC1C(=O)N1CCNCC1.Cl. The van der Waals surface area contributed by atoms with Gasteiger partial charge in [-0.15, -0.1) is 12.4 Å². The molecule has 20 heavy (non-hydrogen) atoms. The third-order valence-electron chi connectivity index (χ3n) is 4.00. The lowest BCUT2D eigenvalue weighted by molar-refractivity contribution is -0.148. The lowest BCUT2D eigenvalue weighted by atomic mass is 10.00. The molecule has 0 spiro atoms. The van der Waals surface area contributed by atoms with Gasteiger partial charge in [0.25, 0.3) is 0 Å². The second-order valence-electron chi connectivity index (χ2n) is 5.42. The molecular weight excluding hydrogens is 278 g/mol. The van der Waals surface area contributed by atoms with Gasteiger partial charge >= 0.3 is 0 Å². The van der Waals surface area contributed by atoms with Crippen molar-refractivity contribution in [3.05, 3.63) is 0 Å². The van der Waals surface area contributed by atoms with Crippen LogP contribution < -0.4 is 5.32 Å². The molecule has 5 nitrogen and oxygen atoms in total. The number of piperidine rings is 1. The van der Waals surface area contributed by atoms with Crippen LogP contribution >= 0.6 is 12.4 Å². The highest BCUT2D eigenvalue weighted by Gasteiger charge is 2.34. The van der Waals surface area contributed by atoms with Crippen LogP contribution in [0.1, 0.15) is 39.0 Å². The Morgan fingerprint density at radius 3 is 2.50 bits per heavy atom. The summed E-state index contributed by atoms with van der Waals surface area (Å²) in [5, 5.41) is 3.25. The molecule has 6 heteroatoms. The van der Waals surface area contributed by atoms with Crippen molar-refractivity contribution < 1.29 is 9.59 Å². The molecule has 0 bridgehead atoms. The van der Waals surface area contributed by atoms with Crippen LogP contribution in [-0.2, 0) is 9.59 Å². The van der Waals surface area contributed by atoms with E-state index in [-0.39, 0.29) is 30.3 Å². The first kappa shape index (κ1) is 17.2. The van der Waals surface area contributed by atoms with Gasteiger partial charge < -0.3 is 15.1 Å². The van der Waals surface area contributed by atoms with Crippen molar-refractivity contribution in [3.63, 3.8) is 0 Å². The van der Waals surface area contributed by atoms with Gasteiger partial charge in [-0.3, -0.25) is 9.59 Å². The van der Waals surface area contributed by atoms with E-state index in [1.807, 2.05) is 16.7 Å². The van der Waals surface area contributed by atoms with E-state index in [1.165, 1.54) is 0 Å². The summed E-state index contributed by atoms with van der Waals surface area (Å²) in [6, 6.07) is -0.203. The number of rotatable bonds is 3. The lowest BCUT2D eigenvalue weighted by Crippen LogP contribution is -2.56. The van der Waals surface area contributed by atoms with E-state index >= 15 is 0 Å². The van der Waals surface area contributed by atoms with Crippen molar-refractivity contribution in [1.82, 2.24) is 15.1 Å². The van der Waals surface area contributed by atoms with Gasteiger partial charge in [0.1, 0.15) is 6.04 Å². The Morgan fingerprint density at radius 1 is 1.15 bits per heavy atom. The van der Waals surface area contributed by atoms with Crippen molar-refractivity contribution in [2.75, 3.05) is 32.7 Å². The van der Waals surface area contributed by atoms with Crippen molar-refractivity contribution in [3.8, 4) is 0 Å². The van der Waals surface area contributed by atoms with Crippen LogP contribution in [0.25, 0.3) is 0 Å². The third-order valence-corrected chi connectivity index (χ3v) is 4.00. The van der Waals surface area contributed by atoms with Gasteiger partial charge in [-0.25, -0.2) is 0 Å². The van der Waals surface area contributed by atoms with Gasteiger partial charge in [0.05, 0.1) is 0 Å². The molecule has 116 valence electrons. The molecule has 2 aliphatic heterocycles. The second kappa shape index (κ2) is 8.47. The molecule has 1 N–H and O–H groups in total. The fourth-order valence-electron chi connectivity index (χ4n) is 2.94. The zero-order valence-electron chi connectivity index (χ0n) is 12.3. The number of piperazine rings is 1. The van der Waals surface area contributed by atoms with Crippen molar-refractivity contribution in [2.45, 2.75) is 45.1 Å². The maximum absolute atomic E-state index is 12.6. The first-order valence-electron chi connectivity index (χ1n) is 7.53. The van der Waals surface area contributed by atoms with E-state index in [2.05, 4.69) is 5.32 Å². The molecule has 2 rings (SSSR count). The summed E-state index contributed by atoms with van der Waals surface area (Å²) in [4.78, 5) is 28.5. The predicted molar refractivity (Wildman–Crippen MR) is 81.0 cm³/mol. The molecule has 1 unspecified atom stereocenters. The van der Waals surface area contributed by atoms with Gasteiger partial charge in [0.2, 0.25) is 11.8 Å². The maximum atomic E-state index is 12.6. The Balaban J connectivity index is 0.00000200. The first-order valence-corrected chi connectivity index (χ1v) is 7.53. The van der Waals surface area contributed by atoms with Gasteiger partial charge in [-0.05, 0) is 25.7 Å². The quantitative estimate of drug-likeness (QED) is 0.847. The molecule has 2 amide bonds. The molecule has 1 atom stereocenters. The van der Waals surface area contributed by atoms with Crippen LogP contribution in [0.5, 0.6) is 0 Å².